The monoisotopic (exact) mass is 277 g/mol. The van der Waals surface area contributed by atoms with Gasteiger partial charge in [0.15, 0.2) is 0 Å². The lowest BCUT2D eigenvalue weighted by Crippen LogP contribution is -2.12. The van der Waals surface area contributed by atoms with Crippen LogP contribution in [0.25, 0.3) is 0 Å². The SMILES string of the molecule is CC(CCCNc1cc(C#N)ccc1[N+](=O)[O-])C(=O)O. The predicted molar refractivity (Wildman–Crippen MR) is 72.3 cm³/mol. The van der Waals surface area contributed by atoms with Crippen molar-refractivity contribution in [2.24, 2.45) is 5.92 Å². The first-order valence-electron chi connectivity index (χ1n) is 6.11. The maximum Gasteiger partial charge on any atom is 0.306 e. The molecule has 1 aromatic rings. The summed E-state index contributed by atoms with van der Waals surface area (Å²) in [4.78, 5) is 21.0. The van der Waals surface area contributed by atoms with Gasteiger partial charge in [0.1, 0.15) is 5.69 Å². The molecule has 0 heterocycles. The molecule has 0 saturated carbocycles. The van der Waals surface area contributed by atoms with E-state index in [1.807, 2.05) is 6.07 Å². The van der Waals surface area contributed by atoms with E-state index in [2.05, 4.69) is 5.32 Å². The lowest BCUT2D eigenvalue weighted by Gasteiger charge is -2.09. The van der Waals surface area contributed by atoms with Gasteiger partial charge in [0.2, 0.25) is 0 Å². The number of nitrogens with zero attached hydrogens (tertiary/aromatic N) is 2. The molecule has 7 heteroatoms. The van der Waals surface area contributed by atoms with Crippen molar-refractivity contribution in [1.29, 1.82) is 5.26 Å². The highest BCUT2D eigenvalue weighted by atomic mass is 16.6. The molecule has 0 bridgehead atoms. The van der Waals surface area contributed by atoms with E-state index in [-0.39, 0.29) is 11.4 Å². The van der Waals surface area contributed by atoms with E-state index in [0.717, 1.165) is 0 Å². The van der Waals surface area contributed by atoms with Gasteiger partial charge < -0.3 is 10.4 Å². The highest BCUT2D eigenvalue weighted by Crippen LogP contribution is 2.25. The van der Waals surface area contributed by atoms with E-state index in [0.29, 0.717) is 24.9 Å². The van der Waals surface area contributed by atoms with Crippen LogP contribution in [0, 0.1) is 27.4 Å². The quantitative estimate of drug-likeness (QED) is 0.449. The maximum atomic E-state index is 10.9. The largest absolute Gasteiger partial charge is 0.481 e. The Labute approximate surface area is 116 Å². The van der Waals surface area contributed by atoms with Gasteiger partial charge in [-0.15, -0.1) is 0 Å². The summed E-state index contributed by atoms with van der Waals surface area (Å²) in [5.74, 6) is -1.31. The molecule has 0 aliphatic carbocycles. The van der Waals surface area contributed by atoms with Crippen LogP contribution in [-0.2, 0) is 4.79 Å². The van der Waals surface area contributed by atoms with E-state index in [1.54, 1.807) is 6.92 Å². The second-order valence-electron chi connectivity index (χ2n) is 4.41. The number of nitrogens with one attached hydrogen (secondary N) is 1. The van der Waals surface area contributed by atoms with E-state index in [1.165, 1.54) is 18.2 Å². The Kier molecular flexibility index (Phi) is 5.47. The zero-order chi connectivity index (χ0) is 15.1. The minimum Gasteiger partial charge on any atom is -0.481 e. The Bertz CT molecular complexity index is 551. The van der Waals surface area contributed by atoms with E-state index in [9.17, 15) is 14.9 Å². The standard InChI is InChI=1S/C13H15N3O4/c1-9(13(17)18)3-2-6-15-11-7-10(8-14)4-5-12(11)16(19)20/h4-5,7,9,15H,2-3,6H2,1H3,(H,17,18). The van der Waals surface area contributed by atoms with Gasteiger partial charge >= 0.3 is 5.97 Å². The molecule has 106 valence electrons. The minimum atomic E-state index is -0.859. The number of anilines is 1. The zero-order valence-electron chi connectivity index (χ0n) is 11.0. The maximum absolute atomic E-state index is 10.9. The summed E-state index contributed by atoms with van der Waals surface area (Å²) in [6.45, 7) is 2.02. The number of carbonyl (C=O) groups is 1. The molecule has 2 N–H and O–H groups in total. The van der Waals surface area contributed by atoms with Crippen LogP contribution in [0.3, 0.4) is 0 Å². The molecular weight excluding hydrogens is 262 g/mol. The molecule has 0 aliphatic rings. The molecule has 1 unspecified atom stereocenters. The fourth-order valence-electron chi connectivity index (χ4n) is 1.66. The van der Waals surface area contributed by atoms with Gasteiger partial charge in [-0.1, -0.05) is 6.92 Å². The molecule has 0 radical (unpaired) electrons. The number of carboxylic acid groups (broad SMARTS) is 1. The van der Waals surface area contributed by atoms with Crippen LogP contribution in [0.15, 0.2) is 18.2 Å². The Morgan fingerprint density at radius 1 is 1.60 bits per heavy atom. The van der Waals surface area contributed by atoms with Crippen molar-refractivity contribution in [3.63, 3.8) is 0 Å². The molecule has 1 rings (SSSR count). The molecule has 7 nitrogen and oxygen atoms in total. The Morgan fingerprint density at radius 3 is 2.85 bits per heavy atom. The number of hydrogen-bond acceptors (Lipinski definition) is 5. The number of rotatable bonds is 7. The summed E-state index contributed by atoms with van der Waals surface area (Å²) < 4.78 is 0. The molecule has 1 aromatic carbocycles. The van der Waals surface area contributed by atoms with E-state index in [4.69, 9.17) is 10.4 Å². The first kappa shape index (κ1) is 15.4. The van der Waals surface area contributed by atoms with Crippen LogP contribution in [0.1, 0.15) is 25.3 Å². The highest BCUT2D eigenvalue weighted by molar-refractivity contribution is 5.69. The second-order valence-corrected chi connectivity index (χ2v) is 4.41. The first-order valence-corrected chi connectivity index (χ1v) is 6.11. The predicted octanol–water partition coefficient (Wildman–Crippen LogP) is 2.38. The van der Waals surface area contributed by atoms with Crippen molar-refractivity contribution >= 4 is 17.3 Å². The second kappa shape index (κ2) is 7.09. The third-order valence-electron chi connectivity index (χ3n) is 2.87. The van der Waals surface area contributed by atoms with Crippen molar-refractivity contribution in [3.05, 3.63) is 33.9 Å². The number of nitro benzene ring substituents is 1. The van der Waals surface area contributed by atoms with E-state index >= 15 is 0 Å². The van der Waals surface area contributed by atoms with Crippen LogP contribution >= 0.6 is 0 Å². The molecule has 20 heavy (non-hydrogen) atoms. The summed E-state index contributed by atoms with van der Waals surface area (Å²) >= 11 is 0. The smallest absolute Gasteiger partial charge is 0.306 e. The third-order valence-corrected chi connectivity index (χ3v) is 2.87. The van der Waals surface area contributed by atoms with Gasteiger partial charge in [-0.2, -0.15) is 5.26 Å². The molecule has 0 aliphatic heterocycles. The van der Waals surface area contributed by atoms with Crippen molar-refractivity contribution in [1.82, 2.24) is 0 Å². The average molecular weight is 277 g/mol. The number of aliphatic carboxylic acids is 1. The van der Waals surface area contributed by atoms with Crippen molar-refractivity contribution < 1.29 is 14.8 Å². The average Bonchev–Trinajstić information content (AvgIpc) is 2.42. The lowest BCUT2D eigenvalue weighted by atomic mass is 10.1. The van der Waals surface area contributed by atoms with Gasteiger partial charge in [-0.05, 0) is 25.0 Å². The fraction of sp³-hybridized carbons (Fsp3) is 0.385. The van der Waals surface area contributed by atoms with Gasteiger partial charge in [0, 0.05) is 12.6 Å². The van der Waals surface area contributed by atoms with Crippen LogP contribution in [-0.4, -0.2) is 22.5 Å². The zero-order valence-corrected chi connectivity index (χ0v) is 11.0. The third kappa shape index (κ3) is 4.24. The van der Waals surface area contributed by atoms with Gasteiger partial charge in [0.25, 0.3) is 5.69 Å². The Morgan fingerprint density at radius 2 is 2.30 bits per heavy atom. The van der Waals surface area contributed by atoms with Crippen LogP contribution in [0.4, 0.5) is 11.4 Å². The summed E-state index contributed by atoms with van der Waals surface area (Å²) in [7, 11) is 0. The van der Waals surface area contributed by atoms with Gasteiger partial charge in [-0.3, -0.25) is 14.9 Å². The highest BCUT2D eigenvalue weighted by Gasteiger charge is 2.14. The molecular formula is C13H15N3O4. The number of carboxylic acids is 1. The molecule has 0 aromatic heterocycles. The molecule has 0 saturated heterocycles. The summed E-state index contributed by atoms with van der Waals surface area (Å²) in [5.41, 5.74) is 0.504. The summed E-state index contributed by atoms with van der Waals surface area (Å²) in [5, 5.41) is 31.3. The Balaban J connectivity index is 2.65. The number of benzene rings is 1. The minimum absolute atomic E-state index is 0.102. The van der Waals surface area contributed by atoms with Gasteiger partial charge in [-0.25, -0.2) is 0 Å². The van der Waals surface area contributed by atoms with Crippen LogP contribution in [0.5, 0.6) is 0 Å². The molecule has 0 fully saturated rings. The Hall–Kier alpha value is -2.62. The van der Waals surface area contributed by atoms with Crippen molar-refractivity contribution in [2.45, 2.75) is 19.8 Å². The van der Waals surface area contributed by atoms with Crippen LogP contribution < -0.4 is 5.32 Å². The lowest BCUT2D eigenvalue weighted by molar-refractivity contribution is -0.384. The number of nitro groups is 1. The number of hydrogen-bond donors (Lipinski definition) is 2. The summed E-state index contributed by atoms with van der Waals surface area (Å²) in [6.07, 6.45) is 1.05. The van der Waals surface area contributed by atoms with Crippen LogP contribution in [0.2, 0.25) is 0 Å². The number of nitriles is 1. The fourth-order valence-corrected chi connectivity index (χ4v) is 1.66. The summed E-state index contributed by atoms with van der Waals surface area (Å²) in [6, 6.07) is 6.00. The topological polar surface area (TPSA) is 116 Å². The first-order chi connectivity index (χ1) is 9.45. The van der Waals surface area contributed by atoms with E-state index < -0.39 is 16.8 Å². The van der Waals surface area contributed by atoms with Crippen molar-refractivity contribution in [3.8, 4) is 6.07 Å². The van der Waals surface area contributed by atoms with Gasteiger partial charge in [0.05, 0.1) is 22.5 Å². The van der Waals surface area contributed by atoms with Crippen molar-refractivity contribution in [2.75, 3.05) is 11.9 Å². The molecule has 0 amide bonds. The normalized spacial score (nSPS) is 11.4. The molecule has 0 spiro atoms. The molecule has 1 atom stereocenters.